The van der Waals surface area contributed by atoms with Gasteiger partial charge < -0.3 is 16.4 Å². The number of nitrogen functional groups attached to an aromatic ring is 1. The molecule has 0 radical (unpaired) electrons. The van der Waals surface area contributed by atoms with E-state index in [1.807, 2.05) is 11.9 Å². The monoisotopic (exact) mass is 236 g/mol. The third kappa shape index (κ3) is 2.87. The Bertz CT molecular complexity index is 417. The van der Waals surface area contributed by atoms with Gasteiger partial charge in [0.15, 0.2) is 0 Å². The third-order valence-electron chi connectivity index (χ3n) is 3.12. The van der Waals surface area contributed by atoms with E-state index in [1.165, 1.54) is 6.20 Å². The Morgan fingerprint density at radius 3 is 2.47 bits per heavy atom. The molecule has 0 fully saturated rings. The molecule has 5 nitrogen and oxygen atoms in total. The molecule has 4 N–H and O–H groups in total. The summed E-state index contributed by atoms with van der Waals surface area (Å²) >= 11 is 0. The first-order valence-corrected chi connectivity index (χ1v) is 5.62. The lowest BCUT2D eigenvalue weighted by molar-refractivity contribution is 0.100. The maximum Gasteiger partial charge on any atom is 0.250 e. The summed E-state index contributed by atoms with van der Waals surface area (Å²) < 4.78 is 0. The lowest BCUT2D eigenvalue weighted by Crippen LogP contribution is -2.34. The van der Waals surface area contributed by atoms with Crippen LogP contribution in [0.4, 0.5) is 11.5 Å². The Hall–Kier alpha value is -1.78. The maximum atomic E-state index is 11.2. The predicted octanol–water partition coefficient (Wildman–Crippen LogP) is 1.24. The number of primary amides is 1. The quantitative estimate of drug-likeness (QED) is 0.823. The Morgan fingerprint density at radius 1 is 1.41 bits per heavy atom. The van der Waals surface area contributed by atoms with Crippen LogP contribution in [0.1, 0.15) is 31.1 Å². The van der Waals surface area contributed by atoms with E-state index in [0.717, 1.165) is 0 Å². The first-order valence-electron chi connectivity index (χ1n) is 5.62. The van der Waals surface area contributed by atoms with Crippen LogP contribution < -0.4 is 16.4 Å². The molecule has 1 amide bonds. The summed E-state index contributed by atoms with van der Waals surface area (Å²) in [6.45, 7) is 6.37. The number of amides is 1. The normalized spacial score (nSPS) is 12.5. The number of hydrogen-bond acceptors (Lipinski definition) is 4. The molecular formula is C12H20N4O. The SMILES string of the molecule is CC(C)C(C)N(C)c1cc(C(N)=O)c(N)cn1. The van der Waals surface area contributed by atoms with Gasteiger partial charge in [-0.15, -0.1) is 0 Å². The Labute approximate surface area is 102 Å². The van der Waals surface area contributed by atoms with Gasteiger partial charge in [-0.1, -0.05) is 13.8 Å². The molecule has 0 saturated carbocycles. The van der Waals surface area contributed by atoms with Gasteiger partial charge in [0.2, 0.25) is 0 Å². The van der Waals surface area contributed by atoms with Crippen molar-refractivity contribution in [3.8, 4) is 0 Å². The number of rotatable bonds is 4. The lowest BCUT2D eigenvalue weighted by Gasteiger charge is -2.29. The minimum Gasteiger partial charge on any atom is -0.397 e. The molecule has 0 aromatic carbocycles. The summed E-state index contributed by atoms with van der Waals surface area (Å²) in [5, 5.41) is 0. The Morgan fingerprint density at radius 2 is 2.00 bits per heavy atom. The first kappa shape index (κ1) is 13.3. The van der Waals surface area contributed by atoms with Gasteiger partial charge in [-0.2, -0.15) is 0 Å². The summed E-state index contributed by atoms with van der Waals surface area (Å²) in [6.07, 6.45) is 1.47. The molecule has 1 aromatic heterocycles. The second-order valence-corrected chi connectivity index (χ2v) is 4.59. The summed E-state index contributed by atoms with van der Waals surface area (Å²) in [7, 11) is 1.94. The van der Waals surface area contributed by atoms with Gasteiger partial charge in [-0.3, -0.25) is 4.79 Å². The highest BCUT2D eigenvalue weighted by Gasteiger charge is 2.16. The fourth-order valence-corrected chi connectivity index (χ4v) is 1.52. The zero-order valence-electron chi connectivity index (χ0n) is 10.8. The lowest BCUT2D eigenvalue weighted by atomic mass is 10.1. The second-order valence-electron chi connectivity index (χ2n) is 4.59. The van der Waals surface area contributed by atoms with Gasteiger partial charge in [0, 0.05) is 13.1 Å². The molecule has 1 rings (SSSR count). The highest BCUT2D eigenvalue weighted by molar-refractivity contribution is 5.98. The minimum atomic E-state index is -0.531. The van der Waals surface area contributed by atoms with Crippen LogP contribution in [0.15, 0.2) is 12.3 Å². The fraction of sp³-hybridized carbons (Fsp3) is 0.500. The Kier molecular flexibility index (Phi) is 3.93. The number of hydrogen-bond donors (Lipinski definition) is 2. The molecule has 94 valence electrons. The molecule has 0 bridgehead atoms. The Balaban J connectivity index is 3.07. The van der Waals surface area contributed by atoms with Crippen LogP contribution in [0.5, 0.6) is 0 Å². The van der Waals surface area contributed by atoms with Crippen molar-refractivity contribution in [2.75, 3.05) is 17.7 Å². The topological polar surface area (TPSA) is 85.2 Å². The molecule has 1 unspecified atom stereocenters. The summed E-state index contributed by atoms with van der Waals surface area (Å²) in [5.41, 5.74) is 11.5. The zero-order valence-corrected chi connectivity index (χ0v) is 10.8. The van der Waals surface area contributed by atoms with Crippen LogP contribution >= 0.6 is 0 Å². The number of nitrogens with two attached hydrogens (primary N) is 2. The number of aromatic nitrogens is 1. The fourth-order valence-electron chi connectivity index (χ4n) is 1.52. The van der Waals surface area contributed by atoms with Crippen LogP contribution in [-0.2, 0) is 0 Å². The summed E-state index contributed by atoms with van der Waals surface area (Å²) in [5.74, 6) is 0.655. The molecule has 0 saturated heterocycles. The highest BCUT2D eigenvalue weighted by Crippen LogP contribution is 2.20. The smallest absolute Gasteiger partial charge is 0.250 e. The highest BCUT2D eigenvalue weighted by atomic mass is 16.1. The van der Waals surface area contributed by atoms with Crippen LogP contribution in [0, 0.1) is 5.92 Å². The van der Waals surface area contributed by atoms with Gasteiger partial charge >= 0.3 is 0 Å². The molecule has 1 heterocycles. The zero-order chi connectivity index (χ0) is 13.2. The van der Waals surface area contributed by atoms with Crippen molar-refractivity contribution in [1.82, 2.24) is 4.98 Å². The first-order chi connectivity index (χ1) is 7.84. The van der Waals surface area contributed by atoms with Crippen molar-refractivity contribution in [1.29, 1.82) is 0 Å². The van der Waals surface area contributed by atoms with Crippen LogP contribution in [-0.4, -0.2) is 24.0 Å². The van der Waals surface area contributed by atoms with E-state index in [4.69, 9.17) is 11.5 Å². The van der Waals surface area contributed by atoms with E-state index < -0.39 is 5.91 Å². The van der Waals surface area contributed by atoms with Gasteiger partial charge in [0.05, 0.1) is 17.4 Å². The van der Waals surface area contributed by atoms with Crippen LogP contribution in [0.3, 0.4) is 0 Å². The molecule has 1 aromatic rings. The number of carbonyl (C=O) groups is 1. The van der Waals surface area contributed by atoms with Crippen LogP contribution in [0.25, 0.3) is 0 Å². The second kappa shape index (κ2) is 5.03. The average Bonchev–Trinajstić information content (AvgIpc) is 2.27. The van der Waals surface area contributed by atoms with E-state index in [-0.39, 0.29) is 0 Å². The minimum absolute atomic E-state index is 0.312. The van der Waals surface area contributed by atoms with Crippen molar-refractivity contribution in [2.24, 2.45) is 11.7 Å². The van der Waals surface area contributed by atoms with Crippen molar-refractivity contribution in [3.63, 3.8) is 0 Å². The van der Waals surface area contributed by atoms with Gasteiger partial charge in [-0.25, -0.2) is 4.98 Å². The molecule has 5 heteroatoms. The van der Waals surface area contributed by atoms with E-state index in [1.54, 1.807) is 6.07 Å². The average molecular weight is 236 g/mol. The number of carbonyl (C=O) groups excluding carboxylic acids is 1. The van der Waals surface area contributed by atoms with Crippen LogP contribution in [0.2, 0.25) is 0 Å². The number of pyridine rings is 1. The van der Waals surface area contributed by atoms with Crippen molar-refractivity contribution >= 4 is 17.4 Å². The standard InChI is InChI=1S/C12H20N4O/c1-7(2)8(3)16(4)11-5-9(12(14)17)10(13)6-15-11/h5-8H,13H2,1-4H3,(H2,14,17). The van der Waals surface area contributed by atoms with Gasteiger partial charge in [0.1, 0.15) is 5.82 Å². The molecule has 0 aliphatic heterocycles. The maximum absolute atomic E-state index is 11.2. The summed E-state index contributed by atoms with van der Waals surface area (Å²) in [4.78, 5) is 17.4. The van der Waals surface area contributed by atoms with Gasteiger partial charge in [-0.05, 0) is 18.9 Å². The largest absolute Gasteiger partial charge is 0.397 e. The van der Waals surface area contributed by atoms with E-state index in [2.05, 4.69) is 25.8 Å². The molecule has 17 heavy (non-hydrogen) atoms. The van der Waals surface area contributed by atoms with Crippen molar-refractivity contribution in [2.45, 2.75) is 26.8 Å². The van der Waals surface area contributed by atoms with Crippen molar-refractivity contribution in [3.05, 3.63) is 17.8 Å². The molecule has 1 atom stereocenters. The number of nitrogens with zero attached hydrogens (tertiary/aromatic N) is 2. The van der Waals surface area contributed by atoms with Crippen molar-refractivity contribution < 1.29 is 4.79 Å². The predicted molar refractivity (Wildman–Crippen MR) is 69.9 cm³/mol. The van der Waals surface area contributed by atoms with E-state index in [0.29, 0.717) is 29.0 Å². The third-order valence-corrected chi connectivity index (χ3v) is 3.12. The molecule has 0 aliphatic rings. The summed E-state index contributed by atoms with van der Waals surface area (Å²) in [6, 6.07) is 1.95. The molecular weight excluding hydrogens is 216 g/mol. The van der Waals surface area contributed by atoms with E-state index in [9.17, 15) is 4.79 Å². The van der Waals surface area contributed by atoms with Gasteiger partial charge in [0.25, 0.3) is 5.91 Å². The number of anilines is 2. The molecule has 0 aliphatic carbocycles. The van der Waals surface area contributed by atoms with E-state index >= 15 is 0 Å². The molecule has 0 spiro atoms.